The number of amides is 1. The molecule has 1 aromatic carbocycles. The van der Waals surface area contributed by atoms with E-state index in [1.165, 1.54) is 0 Å². The maximum atomic E-state index is 12.3. The molecule has 1 aromatic heterocycles. The van der Waals surface area contributed by atoms with Crippen LogP contribution in [0.15, 0.2) is 18.2 Å². The Morgan fingerprint density at radius 2 is 1.79 bits per heavy atom. The summed E-state index contributed by atoms with van der Waals surface area (Å²) in [4.78, 5) is 23.6. The third kappa shape index (κ3) is 3.61. The first-order chi connectivity index (χ1) is 11.5. The molecule has 2 aromatic rings. The molecule has 1 amide bonds. The van der Waals surface area contributed by atoms with Crippen LogP contribution >= 0.6 is 0 Å². The van der Waals surface area contributed by atoms with E-state index in [1.807, 2.05) is 12.1 Å². The fraction of sp³-hybridized carbons (Fsp3) is 0.412. The highest BCUT2D eigenvalue weighted by molar-refractivity contribution is 5.99. The monoisotopic (exact) mass is 334 g/mol. The number of aryl methyl sites for hydroxylation is 1. The Bertz CT molecular complexity index is 751. The van der Waals surface area contributed by atoms with Gasteiger partial charge in [0.2, 0.25) is 0 Å². The molecule has 24 heavy (non-hydrogen) atoms. The Balaban J connectivity index is 2.18. The predicted molar refractivity (Wildman–Crippen MR) is 89.6 cm³/mol. The van der Waals surface area contributed by atoms with Gasteiger partial charge in [0.05, 0.1) is 32.8 Å². The molecule has 0 aliphatic rings. The van der Waals surface area contributed by atoms with Crippen LogP contribution in [0.2, 0.25) is 0 Å². The quantitative estimate of drug-likeness (QED) is 0.782. The molecule has 0 saturated heterocycles. The number of carbonyl (C=O) groups is 2. The molecule has 0 saturated carbocycles. The minimum atomic E-state index is -0.329. The molecule has 0 unspecified atom stereocenters. The molecule has 0 fully saturated rings. The van der Waals surface area contributed by atoms with Crippen LogP contribution in [0, 0.1) is 0 Å². The maximum Gasteiger partial charge on any atom is 0.307 e. The molecular weight excluding hydrogens is 312 g/mol. The van der Waals surface area contributed by atoms with Gasteiger partial charge in [0.15, 0.2) is 11.5 Å². The molecule has 1 N–H and O–H groups in total. The lowest BCUT2D eigenvalue weighted by Gasteiger charge is -2.09. The second-order valence-corrected chi connectivity index (χ2v) is 5.17. The molecular formula is C17H22N2O5. The van der Waals surface area contributed by atoms with Crippen LogP contribution in [0.5, 0.6) is 11.5 Å². The molecule has 0 spiro atoms. The average Bonchev–Trinajstić information content (AvgIpc) is 2.90. The fourth-order valence-corrected chi connectivity index (χ4v) is 2.48. The highest BCUT2D eigenvalue weighted by Crippen LogP contribution is 2.33. The number of nitrogens with one attached hydrogen (secondary N) is 1. The van der Waals surface area contributed by atoms with Gasteiger partial charge in [-0.25, -0.2) is 0 Å². The van der Waals surface area contributed by atoms with Gasteiger partial charge in [0.1, 0.15) is 5.69 Å². The summed E-state index contributed by atoms with van der Waals surface area (Å²) in [5.74, 6) is 0.616. The van der Waals surface area contributed by atoms with Crippen LogP contribution in [-0.4, -0.2) is 43.8 Å². The number of methoxy groups -OCH3 is 2. The first-order valence-corrected chi connectivity index (χ1v) is 7.67. The number of nitrogens with zero attached hydrogens (tertiary/aromatic N) is 1. The zero-order valence-corrected chi connectivity index (χ0v) is 14.3. The second-order valence-electron chi connectivity index (χ2n) is 5.17. The van der Waals surface area contributed by atoms with E-state index in [0.29, 0.717) is 23.8 Å². The van der Waals surface area contributed by atoms with Crippen LogP contribution in [0.3, 0.4) is 0 Å². The molecule has 0 bridgehead atoms. The average molecular weight is 334 g/mol. The van der Waals surface area contributed by atoms with Gasteiger partial charge in [-0.2, -0.15) is 0 Å². The Labute approximate surface area is 140 Å². The summed E-state index contributed by atoms with van der Waals surface area (Å²) < 4.78 is 17.2. The van der Waals surface area contributed by atoms with Crippen molar-refractivity contribution in [1.29, 1.82) is 0 Å². The van der Waals surface area contributed by atoms with Crippen LogP contribution in [0.25, 0.3) is 10.9 Å². The number of esters is 1. The molecule has 0 atom stereocenters. The molecule has 2 rings (SSSR count). The van der Waals surface area contributed by atoms with E-state index in [4.69, 9.17) is 14.2 Å². The molecule has 1 heterocycles. The first-order valence-electron chi connectivity index (χ1n) is 7.67. The van der Waals surface area contributed by atoms with E-state index in [0.717, 1.165) is 10.9 Å². The van der Waals surface area contributed by atoms with E-state index in [-0.39, 0.29) is 24.8 Å². The first kappa shape index (κ1) is 17.7. The zero-order valence-electron chi connectivity index (χ0n) is 14.3. The topological polar surface area (TPSA) is 78.8 Å². The standard InChI is InChI=1S/C17H22N2O5/c1-5-24-16(20)6-7-18-17(21)13-8-11-9-14(22-3)15(23-4)10-12(11)19(13)2/h8-10H,5-7H2,1-4H3,(H,18,21). The number of rotatable bonds is 7. The van der Waals surface area contributed by atoms with E-state index < -0.39 is 0 Å². The van der Waals surface area contributed by atoms with Crippen molar-refractivity contribution >= 4 is 22.8 Å². The molecule has 0 aliphatic carbocycles. The van der Waals surface area contributed by atoms with E-state index >= 15 is 0 Å². The predicted octanol–water partition coefficient (Wildman–Crippen LogP) is 1.88. The Morgan fingerprint density at radius 3 is 2.42 bits per heavy atom. The van der Waals surface area contributed by atoms with Crippen LogP contribution in [0.4, 0.5) is 0 Å². The second kappa shape index (κ2) is 7.72. The van der Waals surface area contributed by atoms with Crippen molar-refractivity contribution in [2.75, 3.05) is 27.4 Å². The third-order valence-electron chi connectivity index (χ3n) is 3.70. The van der Waals surface area contributed by atoms with Crippen LogP contribution in [0.1, 0.15) is 23.8 Å². The van der Waals surface area contributed by atoms with E-state index in [1.54, 1.807) is 38.8 Å². The number of fused-ring (bicyclic) bond motifs is 1. The summed E-state index contributed by atoms with van der Waals surface area (Å²) in [6.45, 7) is 2.31. The summed E-state index contributed by atoms with van der Waals surface area (Å²) in [6.07, 6.45) is 0.144. The van der Waals surface area contributed by atoms with Crippen LogP contribution in [-0.2, 0) is 16.6 Å². The van der Waals surface area contributed by atoms with Gasteiger partial charge in [-0.15, -0.1) is 0 Å². The maximum absolute atomic E-state index is 12.3. The number of benzene rings is 1. The molecule has 130 valence electrons. The van der Waals surface area contributed by atoms with Crippen molar-refractivity contribution < 1.29 is 23.8 Å². The van der Waals surface area contributed by atoms with Gasteiger partial charge < -0.3 is 24.1 Å². The van der Waals surface area contributed by atoms with Gasteiger partial charge in [-0.3, -0.25) is 9.59 Å². The lowest BCUT2D eigenvalue weighted by molar-refractivity contribution is -0.142. The van der Waals surface area contributed by atoms with Gasteiger partial charge in [-0.1, -0.05) is 0 Å². The summed E-state index contributed by atoms with van der Waals surface area (Å²) in [6, 6.07) is 5.42. The summed E-state index contributed by atoms with van der Waals surface area (Å²) in [5.41, 5.74) is 1.34. The lowest BCUT2D eigenvalue weighted by Crippen LogP contribution is -2.28. The van der Waals surface area contributed by atoms with E-state index in [2.05, 4.69) is 5.32 Å². The highest BCUT2D eigenvalue weighted by Gasteiger charge is 2.16. The number of aromatic nitrogens is 1. The Kier molecular flexibility index (Phi) is 5.68. The number of ether oxygens (including phenoxy) is 3. The minimum absolute atomic E-state index is 0.144. The Hall–Kier alpha value is -2.70. The van der Waals surface area contributed by atoms with Crippen molar-refractivity contribution in [3.8, 4) is 11.5 Å². The summed E-state index contributed by atoms with van der Waals surface area (Å²) >= 11 is 0. The summed E-state index contributed by atoms with van der Waals surface area (Å²) in [5, 5.41) is 3.59. The lowest BCUT2D eigenvalue weighted by atomic mass is 10.2. The fourth-order valence-electron chi connectivity index (χ4n) is 2.48. The minimum Gasteiger partial charge on any atom is -0.493 e. The summed E-state index contributed by atoms with van der Waals surface area (Å²) in [7, 11) is 4.93. The zero-order chi connectivity index (χ0) is 17.7. The molecule has 0 aliphatic heterocycles. The number of hydrogen-bond acceptors (Lipinski definition) is 5. The van der Waals surface area contributed by atoms with Gasteiger partial charge in [0, 0.05) is 25.0 Å². The van der Waals surface area contributed by atoms with Crippen molar-refractivity contribution in [2.45, 2.75) is 13.3 Å². The van der Waals surface area contributed by atoms with Gasteiger partial charge in [-0.05, 0) is 19.1 Å². The highest BCUT2D eigenvalue weighted by atomic mass is 16.5. The SMILES string of the molecule is CCOC(=O)CCNC(=O)c1cc2cc(OC)c(OC)cc2n1C. The Morgan fingerprint density at radius 1 is 1.12 bits per heavy atom. The van der Waals surface area contributed by atoms with E-state index in [9.17, 15) is 9.59 Å². The van der Waals surface area contributed by atoms with Crippen molar-refractivity contribution in [2.24, 2.45) is 7.05 Å². The van der Waals surface area contributed by atoms with Crippen molar-refractivity contribution in [1.82, 2.24) is 9.88 Å². The smallest absolute Gasteiger partial charge is 0.307 e. The van der Waals surface area contributed by atoms with Gasteiger partial charge in [0.25, 0.3) is 5.91 Å². The van der Waals surface area contributed by atoms with Crippen molar-refractivity contribution in [3.63, 3.8) is 0 Å². The number of carbonyl (C=O) groups excluding carboxylic acids is 2. The normalized spacial score (nSPS) is 10.5. The largest absolute Gasteiger partial charge is 0.493 e. The van der Waals surface area contributed by atoms with Crippen molar-refractivity contribution in [3.05, 3.63) is 23.9 Å². The van der Waals surface area contributed by atoms with Crippen LogP contribution < -0.4 is 14.8 Å². The molecule has 7 heteroatoms. The van der Waals surface area contributed by atoms with Gasteiger partial charge >= 0.3 is 5.97 Å². The molecule has 7 nitrogen and oxygen atoms in total. The third-order valence-corrected chi connectivity index (χ3v) is 3.70. The number of hydrogen-bond donors (Lipinski definition) is 1. The molecule has 0 radical (unpaired) electrons.